The number of rotatable bonds is 48. The molecule has 3 atom stereocenters. The number of nitrogens with zero attached hydrogens (tertiary/aromatic N) is 1. The number of likely N-dealkylation sites (N-methyl/N-ethyl adjacent to an activating group) is 1. The topological polar surface area (TPSA) is 105 Å². The van der Waals surface area contributed by atoms with Crippen LogP contribution in [0.5, 0.6) is 0 Å². The number of phosphoric acid groups is 1. The number of phosphoric ester groups is 1. The van der Waals surface area contributed by atoms with Crippen LogP contribution in [0.15, 0.2) is 12.2 Å². The van der Waals surface area contributed by atoms with E-state index in [0.717, 1.165) is 38.5 Å². The van der Waals surface area contributed by atoms with Crippen molar-refractivity contribution >= 4 is 13.7 Å². The highest BCUT2D eigenvalue weighted by Crippen LogP contribution is 2.43. The third-order valence-corrected chi connectivity index (χ3v) is 13.0. The van der Waals surface area contributed by atoms with E-state index in [4.69, 9.17) is 9.05 Å². The molecule has 0 fully saturated rings. The minimum Gasteiger partial charge on any atom is -0.391 e. The van der Waals surface area contributed by atoms with Gasteiger partial charge in [-0.15, -0.1) is 0 Å². The molecule has 0 aromatic rings. The van der Waals surface area contributed by atoms with Crippen LogP contribution in [-0.4, -0.2) is 73.4 Å². The number of carbonyl (C=O) groups is 1. The Morgan fingerprint density at radius 3 is 1.28 bits per heavy atom. The van der Waals surface area contributed by atoms with E-state index < -0.39 is 20.0 Å². The van der Waals surface area contributed by atoms with Crippen molar-refractivity contribution in [1.82, 2.24) is 5.32 Å². The first kappa shape index (κ1) is 59.2. The number of hydrogen-bond acceptors (Lipinski definition) is 5. The highest BCUT2D eigenvalue weighted by atomic mass is 31.2. The monoisotopic (exact) mass is 872 g/mol. The standard InChI is InChI=1S/C51H103N2O6P/c1-6-8-10-12-14-16-17-18-19-20-21-22-23-24-25-26-27-28-29-30-31-32-33-34-35-37-39-41-43-45-51(55)52-49(48-59-60(56,57)58-47-46-53(3,4)5)50(54)44-42-40-38-36-15-13-11-9-7-2/h24-25,49-50,54H,6-23,26-48H2,1-5H3,(H-,52,55,56,57)/p+1/b25-24-. The Morgan fingerprint density at radius 2 is 0.900 bits per heavy atom. The van der Waals surface area contributed by atoms with Gasteiger partial charge in [0.2, 0.25) is 5.91 Å². The molecule has 0 saturated carbocycles. The van der Waals surface area contributed by atoms with Gasteiger partial charge in [0.15, 0.2) is 0 Å². The van der Waals surface area contributed by atoms with Crippen LogP contribution >= 0.6 is 7.82 Å². The van der Waals surface area contributed by atoms with E-state index in [9.17, 15) is 19.4 Å². The van der Waals surface area contributed by atoms with Crippen LogP contribution in [0.1, 0.15) is 258 Å². The van der Waals surface area contributed by atoms with Crippen molar-refractivity contribution in [2.45, 2.75) is 270 Å². The van der Waals surface area contributed by atoms with Crippen molar-refractivity contribution < 1.29 is 32.9 Å². The molecule has 0 rings (SSSR count). The minimum atomic E-state index is -4.31. The second-order valence-corrected chi connectivity index (χ2v) is 20.7. The van der Waals surface area contributed by atoms with Crippen LogP contribution in [0.2, 0.25) is 0 Å². The Balaban J connectivity index is 3.97. The van der Waals surface area contributed by atoms with Crippen molar-refractivity contribution in [3.63, 3.8) is 0 Å². The number of aliphatic hydroxyl groups excluding tert-OH is 1. The summed E-state index contributed by atoms with van der Waals surface area (Å²) in [6.45, 7) is 4.89. The molecule has 0 heterocycles. The first-order valence-corrected chi connectivity index (χ1v) is 27.5. The predicted octanol–water partition coefficient (Wildman–Crippen LogP) is 15.1. The zero-order chi connectivity index (χ0) is 44.3. The molecule has 0 aliphatic rings. The van der Waals surface area contributed by atoms with Crippen LogP contribution in [-0.2, 0) is 18.4 Å². The lowest BCUT2D eigenvalue weighted by Gasteiger charge is -2.26. The number of aliphatic hydroxyl groups is 1. The summed E-state index contributed by atoms with van der Waals surface area (Å²) in [6, 6.07) is -0.755. The number of allylic oxidation sites excluding steroid dienone is 2. The van der Waals surface area contributed by atoms with Crippen molar-refractivity contribution in [3.05, 3.63) is 12.2 Å². The molecule has 0 aromatic carbocycles. The SMILES string of the molecule is CCCCCCCCCCCCCC/C=C\CCCCCCCCCCCCCCCC(=O)NC(COP(=O)(O)OCC[N+](C)(C)C)C(O)CCCCCCCCCCC. The van der Waals surface area contributed by atoms with Gasteiger partial charge in [-0.2, -0.15) is 0 Å². The number of nitrogens with one attached hydrogen (secondary N) is 1. The molecule has 60 heavy (non-hydrogen) atoms. The first-order valence-electron chi connectivity index (χ1n) is 26.1. The molecule has 0 bridgehead atoms. The molecule has 358 valence electrons. The van der Waals surface area contributed by atoms with Crippen molar-refractivity contribution in [3.8, 4) is 0 Å². The summed E-state index contributed by atoms with van der Waals surface area (Å²) >= 11 is 0. The van der Waals surface area contributed by atoms with Crippen LogP contribution in [0.3, 0.4) is 0 Å². The van der Waals surface area contributed by atoms with Gasteiger partial charge < -0.3 is 19.8 Å². The van der Waals surface area contributed by atoms with E-state index >= 15 is 0 Å². The third-order valence-electron chi connectivity index (χ3n) is 12.0. The second-order valence-electron chi connectivity index (χ2n) is 19.3. The van der Waals surface area contributed by atoms with Gasteiger partial charge in [-0.1, -0.05) is 225 Å². The minimum absolute atomic E-state index is 0.0767. The fourth-order valence-electron chi connectivity index (χ4n) is 7.87. The van der Waals surface area contributed by atoms with Crippen molar-refractivity contribution in [2.75, 3.05) is 40.9 Å². The molecular weight excluding hydrogens is 768 g/mol. The Bertz CT molecular complexity index is 989. The molecule has 8 nitrogen and oxygen atoms in total. The smallest absolute Gasteiger partial charge is 0.391 e. The lowest BCUT2D eigenvalue weighted by atomic mass is 10.0. The maximum Gasteiger partial charge on any atom is 0.472 e. The average Bonchev–Trinajstić information content (AvgIpc) is 3.20. The largest absolute Gasteiger partial charge is 0.472 e. The fourth-order valence-corrected chi connectivity index (χ4v) is 8.60. The highest BCUT2D eigenvalue weighted by molar-refractivity contribution is 7.47. The van der Waals surface area contributed by atoms with Gasteiger partial charge in [0.1, 0.15) is 13.2 Å². The van der Waals surface area contributed by atoms with E-state index in [1.807, 2.05) is 21.1 Å². The van der Waals surface area contributed by atoms with Gasteiger partial charge in [0, 0.05) is 6.42 Å². The lowest BCUT2D eigenvalue weighted by Crippen LogP contribution is -2.46. The fraction of sp³-hybridized carbons (Fsp3) is 0.941. The Kier molecular flexibility index (Phi) is 42.9. The summed E-state index contributed by atoms with van der Waals surface area (Å²) in [5, 5.41) is 13.9. The quantitative estimate of drug-likeness (QED) is 0.0243. The summed E-state index contributed by atoms with van der Waals surface area (Å²) < 4.78 is 23.6. The van der Waals surface area contributed by atoms with Gasteiger partial charge in [0.05, 0.1) is 39.9 Å². The maximum absolute atomic E-state index is 12.9. The molecule has 9 heteroatoms. The predicted molar refractivity (Wildman–Crippen MR) is 259 cm³/mol. The molecule has 0 spiro atoms. The molecule has 0 aliphatic heterocycles. The summed E-state index contributed by atoms with van der Waals surface area (Å²) in [6.07, 6.45) is 51.3. The zero-order valence-electron chi connectivity index (χ0n) is 40.7. The Morgan fingerprint density at radius 1 is 0.550 bits per heavy atom. The molecular formula is C51H104N2O6P+. The first-order chi connectivity index (χ1) is 29.0. The summed E-state index contributed by atoms with van der Waals surface area (Å²) in [4.78, 5) is 23.1. The van der Waals surface area contributed by atoms with Gasteiger partial charge >= 0.3 is 7.82 Å². The normalized spacial score (nSPS) is 14.2. The number of quaternary nitrogens is 1. The number of hydrogen-bond donors (Lipinski definition) is 3. The van der Waals surface area contributed by atoms with Gasteiger partial charge in [0.25, 0.3) is 0 Å². The number of amides is 1. The van der Waals surface area contributed by atoms with E-state index in [-0.39, 0.29) is 19.1 Å². The van der Waals surface area contributed by atoms with E-state index in [0.29, 0.717) is 23.9 Å². The second kappa shape index (κ2) is 43.5. The van der Waals surface area contributed by atoms with Crippen molar-refractivity contribution in [2.24, 2.45) is 0 Å². The summed E-state index contributed by atoms with van der Waals surface area (Å²) in [5.41, 5.74) is 0. The summed E-state index contributed by atoms with van der Waals surface area (Å²) in [5.74, 6) is -0.144. The van der Waals surface area contributed by atoms with Crippen LogP contribution in [0.4, 0.5) is 0 Å². The molecule has 3 unspecified atom stereocenters. The number of carbonyl (C=O) groups excluding carboxylic acids is 1. The van der Waals surface area contributed by atoms with Crippen LogP contribution < -0.4 is 5.32 Å². The van der Waals surface area contributed by atoms with Crippen molar-refractivity contribution in [1.29, 1.82) is 0 Å². The maximum atomic E-state index is 12.9. The van der Waals surface area contributed by atoms with Gasteiger partial charge in [-0.3, -0.25) is 13.8 Å². The summed E-state index contributed by atoms with van der Waals surface area (Å²) in [7, 11) is 1.62. The average molecular weight is 872 g/mol. The lowest BCUT2D eigenvalue weighted by molar-refractivity contribution is -0.870. The molecule has 0 saturated heterocycles. The van der Waals surface area contributed by atoms with E-state index in [1.165, 1.54) is 193 Å². The Labute approximate surface area is 373 Å². The van der Waals surface area contributed by atoms with E-state index in [2.05, 4.69) is 31.3 Å². The molecule has 1 amide bonds. The van der Waals surface area contributed by atoms with E-state index in [1.54, 1.807) is 0 Å². The molecule has 0 aliphatic carbocycles. The zero-order valence-corrected chi connectivity index (χ0v) is 41.6. The van der Waals surface area contributed by atoms with Crippen LogP contribution in [0.25, 0.3) is 0 Å². The van der Waals surface area contributed by atoms with Gasteiger partial charge in [-0.25, -0.2) is 4.57 Å². The highest BCUT2D eigenvalue weighted by Gasteiger charge is 2.28. The molecule has 0 aromatic heterocycles. The number of unbranched alkanes of at least 4 members (excludes halogenated alkanes) is 33. The van der Waals surface area contributed by atoms with Gasteiger partial charge in [-0.05, 0) is 38.5 Å². The van der Waals surface area contributed by atoms with Crippen LogP contribution in [0, 0.1) is 0 Å². The Hall–Kier alpha value is -0.760. The molecule has 0 radical (unpaired) electrons. The molecule has 3 N–H and O–H groups in total. The third kappa shape index (κ3) is 45.3.